The van der Waals surface area contributed by atoms with Gasteiger partial charge in [-0.15, -0.1) is 0 Å². The summed E-state index contributed by atoms with van der Waals surface area (Å²) < 4.78 is 7.26. The van der Waals surface area contributed by atoms with Crippen LogP contribution in [0.4, 0.5) is 5.69 Å². The number of fused-ring (bicyclic) bond motifs is 1. The van der Waals surface area contributed by atoms with Crippen LogP contribution in [0.15, 0.2) is 39.8 Å². The van der Waals surface area contributed by atoms with Crippen molar-refractivity contribution in [2.75, 3.05) is 5.32 Å². The number of hydrogen-bond acceptors (Lipinski definition) is 4. The minimum atomic E-state index is -0.395. The molecule has 0 aliphatic heterocycles. The molecule has 27 heavy (non-hydrogen) atoms. The maximum absolute atomic E-state index is 13.1. The predicted molar refractivity (Wildman–Crippen MR) is 105 cm³/mol. The van der Waals surface area contributed by atoms with Gasteiger partial charge in [0, 0.05) is 16.8 Å². The molecule has 0 atom stereocenters. The minimum absolute atomic E-state index is 0.130. The van der Waals surface area contributed by atoms with Crippen LogP contribution < -0.4 is 10.9 Å². The molecule has 1 aliphatic rings. The van der Waals surface area contributed by atoms with Crippen LogP contribution in [-0.2, 0) is 0 Å². The molecule has 0 bridgehead atoms. The zero-order valence-electron chi connectivity index (χ0n) is 15.0. The molecule has 0 saturated heterocycles. The molecule has 4 rings (SSSR count). The second kappa shape index (κ2) is 7.19. The molecule has 2 heterocycles. The Kier molecular flexibility index (Phi) is 4.74. The van der Waals surface area contributed by atoms with E-state index in [4.69, 9.17) is 16.0 Å². The van der Waals surface area contributed by atoms with Crippen LogP contribution in [0.1, 0.15) is 54.3 Å². The number of anilines is 1. The van der Waals surface area contributed by atoms with Crippen molar-refractivity contribution < 1.29 is 9.21 Å². The van der Waals surface area contributed by atoms with Gasteiger partial charge in [-0.05, 0) is 44.0 Å². The monoisotopic (exact) mass is 385 g/mol. The van der Waals surface area contributed by atoms with E-state index in [-0.39, 0.29) is 28.3 Å². The molecular weight excluding hydrogens is 366 g/mol. The largest absolute Gasteiger partial charge is 0.442 e. The van der Waals surface area contributed by atoms with E-state index in [1.807, 2.05) is 0 Å². The van der Waals surface area contributed by atoms with Gasteiger partial charge in [-0.1, -0.05) is 30.9 Å². The molecule has 1 saturated carbocycles. The second-order valence-electron chi connectivity index (χ2n) is 6.92. The standard InChI is InChI=1S/C20H20ClN3O3/c1-12-16(18(25)23-14-9-7-13(21)8-10-14)17-19(27-12)22-11-24(20(17)26)15-5-3-2-4-6-15/h7-11,15H,2-6H2,1H3,(H,23,25). The Morgan fingerprint density at radius 1 is 1.22 bits per heavy atom. The summed E-state index contributed by atoms with van der Waals surface area (Å²) in [7, 11) is 0. The third-order valence-corrected chi connectivity index (χ3v) is 5.36. The summed E-state index contributed by atoms with van der Waals surface area (Å²) in [6, 6.07) is 6.92. The van der Waals surface area contributed by atoms with Gasteiger partial charge < -0.3 is 9.73 Å². The lowest BCUT2D eigenvalue weighted by atomic mass is 9.95. The summed E-state index contributed by atoms with van der Waals surface area (Å²) in [6.45, 7) is 1.67. The number of benzene rings is 1. The lowest BCUT2D eigenvalue weighted by Gasteiger charge is -2.23. The number of rotatable bonds is 3. The van der Waals surface area contributed by atoms with Gasteiger partial charge >= 0.3 is 0 Å². The summed E-state index contributed by atoms with van der Waals surface area (Å²) in [4.78, 5) is 30.3. The van der Waals surface area contributed by atoms with Crippen molar-refractivity contribution in [3.05, 3.63) is 57.3 Å². The van der Waals surface area contributed by atoms with E-state index < -0.39 is 5.91 Å². The van der Waals surface area contributed by atoms with Crippen LogP contribution in [0.3, 0.4) is 0 Å². The first kappa shape index (κ1) is 17.8. The quantitative estimate of drug-likeness (QED) is 0.708. The van der Waals surface area contributed by atoms with Crippen LogP contribution in [-0.4, -0.2) is 15.5 Å². The Labute approximate surface area is 161 Å². The van der Waals surface area contributed by atoms with Crippen molar-refractivity contribution in [1.82, 2.24) is 9.55 Å². The minimum Gasteiger partial charge on any atom is -0.442 e. The maximum Gasteiger partial charge on any atom is 0.265 e. The van der Waals surface area contributed by atoms with E-state index in [2.05, 4.69) is 10.3 Å². The number of amides is 1. The first-order valence-corrected chi connectivity index (χ1v) is 9.49. The lowest BCUT2D eigenvalue weighted by Crippen LogP contribution is -2.27. The first-order valence-electron chi connectivity index (χ1n) is 9.12. The molecule has 1 aromatic carbocycles. The number of furan rings is 1. The summed E-state index contributed by atoms with van der Waals surface area (Å²) >= 11 is 5.88. The van der Waals surface area contributed by atoms with E-state index in [0.717, 1.165) is 25.7 Å². The second-order valence-corrected chi connectivity index (χ2v) is 7.36. The van der Waals surface area contributed by atoms with Crippen molar-refractivity contribution in [3.63, 3.8) is 0 Å². The number of halogens is 1. The van der Waals surface area contributed by atoms with Gasteiger partial charge in [-0.25, -0.2) is 4.98 Å². The summed E-state index contributed by atoms with van der Waals surface area (Å²) in [5, 5.41) is 3.62. The van der Waals surface area contributed by atoms with Gasteiger partial charge in [0.25, 0.3) is 11.5 Å². The molecule has 6 nitrogen and oxygen atoms in total. The van der Waals surface area contributed by atoms with Crippen molar-refractivity contribution in [2.45, 2.75) is 45.1 Å². The van der Waals surface area contributed by atoms with E-state index >= 15 is 0 Å². The number of hydrogen-bond donors (Lipinski definition) is 1. The molecule has 0 unspecified atom stereocenters. The molecule has 1 fully saturated rings. The van der Waals surface area contributed by atoms with Crippen LogP contribution in [0.5, 0.6) is 0 Å². The predicted octanol–water partition coefficient (Wildman–Crippen LogP) is 4.71. The fraction of sp³-hybridized carbons (Fsp3) is 0.350. The van der Waals surface area contributed by atoms with Gasteiger partial charge in [-0.2, -0.15) is 0 Å². The van der Waals surface area contributed by atoms with Gasteiger partial charge in [-0.3, -0.25) is 14.2 Å². The number of nitrogens with one attached hydrogen (secondary N) is 1. The number of carbonyl (C=O) groups excluding carboxylic acids is 1. The third-order valence-electron chi connectivity index (χ3n) is 5.11. The van der Waals surface area contributed by atoms with Crippen LogP contribution >= 0.6 is 11.6 Å². The Balaban J connectivity index is 1.75. The maximum atomic E-state index is 13.1. The van der Waals surface area contributed by atoms with Gasteiger partial charge in [0.1, 0.15) is 17.5 Å². The Hall–Kier alpha value is -2.60. The molecule has 3 aromatic rings. The molecule has 1 N–H and O–H groups in total. The van der Waals surface area contributed by atoms with E-state index in [0.29, 0.717) is 16.5 Å². The van der Waals surface area contributed by atoms with Crippen molar-refractivity contribution in [3.8, 4) is 0 Å². The van der Waals surface area contributed by atoms with Crippen molar-refractivity contribution in [2.24, 2.45) is 0 Å². The molecule has 1 aliphatic carbocycles. The van der Waals surface area contributed by atoms with Gasteiger partial charge in [0.05, 0.1) is 5.56 Å². The number of carbonyl (C=O) groups is 1. The zero-order chi connectivity index (χ0) is 19.0. The molecule has 2 aromatic heterocycles. The highest BCUT2D eigenvalue weighted by molar-refractivity contribution is 6.30. The normalized spacial score (nSPS) is 15.2. The molecule has 0 spiro atoms. The SMILES string of the molecule is Cc1oc2ncn(C3CCCCC3)c(=O)c2c1C(=O)Nc1ccc(Cl)cc1. The fourth-order valence-corrected chi connectivity index (χ4v) is 3.86. The average molecular weight is 386 g/mol. The van der Waals surface area contributed by atoms with E-state index in [1.165, 1.54) is 6.42 Å². The van der Waals surface area contributed by atoms with Crippen LogP contribution in [0.2, 0.25) is 5.02 Å². The van der Waals surface area contributed by atoms with E-state index in [1.54, 1.807) is 42.1 Å². The molecule has 1 amide bonds. The fourth-order valence-electron chi connectivity index (χ4n) is 3.74. The van der Waals surface area contributed by atoms with Crippen molar-refractivity contribution in [1.29, 1.82) is 0 Å². The summed E-state index contributed by atoms with van der Waals surface area (Å²) in [6.07, 6.45) is 6.85. The number of aryl methyl sites for hydroxylation is 1. The highest BCUT2D eigenvalue weighted by Gasteiger charge is 2.25. The van der Waals surface area contributed by atoms with Gasteiger partial charge in [0.15, 0.2) is 0 Å². The molecule has 140 valence electrons. The lowest BCUT2D eigenvalue weighted by molar-refractivity contribution is 0.102. The van der Waals surface area contributed by atoms with Crippen LogP contribution in [0, 0.1) is 6.92 Å². The topological polar surface area (TPSA) is 77.1 Å². The Morgan fingerprint density at radius 3 is 2.63 bits per heavy atom. The summed E-state index contributed by atoms with van der Waals surface area (Å²) in [5.41, 5.74) is 0.813. The average Bonchev–Trinajstić information content (AvgIpc) is 3.01. The zero-order valence-corrected chi connectivity index (χ0v) is 15.8. The highest BCUT2D eigenvalue weighted by Crippen LogP contribution is 2.28. The summed E-state index contributed by atoms with van der Waals surface area (Å²) in [5.74, 6) is -0.0173. The van der Waals surface area contributed by atoms with Crippen LogP contribution in [0.25, 0.3) is 11.1 Å². The number of nitrogens with zero attached hydrogens (tertiary/aromatic N) is 2. The molecule has 7 heteroatoms. The number of aromatic nitrogens is 2. The smallest absolute Gasteiger partial charge is 0.265 e. The third kappa shape index (κ3) is 3.37. The van der Waals surface area contributed by atoms with Crippen molar-refractivity contribution >= 4 is 34.3 Å². The Bertz CT molecular complexity index is 1050. The van der Waals surface area contributed by atoms with E-state index in [9.17, 15) is 9.59 Å². The molecule has 0 radical (unpaired) electrons. The molecular formula is C20H20ClN3O3. The first-order chi connectivity index (χ1) is 13.0. The van der Waals surface area contributed by atoms with Gasteiger partial charge in [0.2, 0.25) is 5.71 Å². The highest BCUT2D eigenvalue weighted by atomic mass is 35.5. The Morgan fingerprint density at radius 2 is 1.93 bits per heavy atom.